The number of nitrogens with one attached hydrogen (secondary N) is 1. The lowest BCUT2D eigenvalue weighted by Gasteiger charge is -2.23. The Morgan fingerprint density at radius 2 is 1.91 bits per heavy atom. The third-order valence-corrected chi connectivity index (χ3v) is 6.48. The summed E-state index contributed by atoms with van der Waals surface area (Å²) in [6, 6.07) is 0.970. The fourth-order valence-corrected chi connectivity index (χ4v) is 4.76. The Labute approximate surface area is 140 Å². The lowest BCUT2D eigenvalue weighted by Crippen LogP contribution is -2.34. The molecular weight excluding hydrogens is 306 g/mol. The van der Waals surface area contributed by atoms with Crippen LogP contribution >= 0.6 is 11.3 Å². The van der Waals surface area contributed by atoms with E-state index < -0.39 is 0 Å². The first-order valence-corrected chi connectivity index (χ1v) is 9.71. The van der Waals surface area contributed by atoms with E-state index in [9.17, 15) is 4.79 Å². The Bertz CT molecular complexity index is 782. The topological polar surface area (TPSA) is 46.9 Å². The van der Waals surface area contributed by atoms with Crippen molar-refractivity contribution >= 4 is 21.6 Å². The highest BCUT2D eigenvalue weighted by Gasteiger charge is 2.29. The van der Waals surface area contributed by atoms with E-state index in [-0.39, 0.29) is 5.56 Å². The summed E-state index contributed by atoms with van der Waals surface area (Å²) in [4.78, 5) is 20.0. The maximum Gasteiger partial charge on any atom is 0.262 e. The molecule has 0 saturated heterocycles. The van der Waals surface area contributed by atoms with E-state index in [2.05, 4.69) is 19.2 Å². The third kappa shape index (κ3) is 2.85. The van der Waals surface area contributed by atoms with Crippen molar-refractivity contribution in [2.75, 3.05) is 0 Å². The monoisotopic (exact) mass is 331 g/mol. The largest absolute Gasteiger partial charge is 0.307 e. The summed E-state index contributed by atoms with van der Waals surface area (Å²) in [6.45, 7) is 4.86. The summed E-state index contributed by atoms with van der Waals surface area (Å²) in [5, 5.41) is 4.50. The van der Waals surface area contributed by atoms with Crippen molar-refractivity contribution in [3.63, 3.8) is 0 Å². The molecule has 2 aliphatic rings. The molecule has 2 fully saturated rings. The molecule has 2 aromatic rings. The second kappa shape index (κ2) is 6.02. The van der Waals surface area contributed by atoms with Gasteiger partial charge < -0.3 is 5.32 Å². The highest BCUT2D eigenvalue weighted by Crippen LogP contribution is 2.36. The van der Waals surface area contributed by atoms with Gasteiger partial charge in [-0.15, -0.1) is 11.3 Å². The quantitative estimate of drug-likeness (QED) is 0.926. The van der Waals surface area contributed by atoms with E-state index in [1.807, 2.05) is 4.57 Å². The van der Waals surface area contributed by atoms with Crippen molar-refractivity contribution in [2.45, 2.75) is 77.4 Å². The van der Waals surface area contributed by atoms with E-state index in [0.29, 0.717) is 12.1 Å². The van der Waals surface area contributed by atoms with Gasteiger partial charge in [0.05, 0.1) is 11.9 Å². The summed E-state index contributed by atoms with van der Waals surface area (Å²) in [7, 11) is 0. The molecule has 124 valence electrons. The zero-order valence-electron chi connectivity index (χ0n) is 14.0. The molecule has 2 heterocycles. The summed E-state index contributed by atoms with van der Waals surface area (Å²) >= 11 is 1.66. The molecule has 2 aromatic heterocycles. The van der Waals surface area contributed by atoms with Gasteiger partial charge in [-0.05, 0) is 45.1 Å². The molecule has 2 aliphatic carbocycles. The van der Waals surface area contributed by atoms with Crippen LogP contribution in [0.2, 0.25) is 0 Å². The predicted octanol–water partition coefficient (Wildman–Crippen LogP) is 3.83. The molecule has 0 unspecified atom stereocenters. The minimum Gasteiger partial charge on any atom is -0.307 e. The van der Waals surface area contributed by atoms with Crippen LogP contribution < -0.4 is 10.9 Å². The zero-order chi connectivity index (χ0) is 16.0. The first kappa shape index (κ1) is 15.3. The highest BCUT2D eigenvalue weighted by atomic mass is 32.1. The van der Waals surface area contributed by atoms with Gasteiger partial charge in [0.1, 0.15) is 10.7 Å². The first-order valence-electron chi connectivity index (χ1n) is 8.89. The predicted molar refractivity (Wildman–Crippen MR) is 95.3 cm³/mol. The Kier molecular flexibility index (Phi) is 4.01. The van der Waals surface area contributed by atoms with E-state index in [0.717, 1.165) is 41.0 Å². The SMILES string of the molecule is Cc1sc2nc(CNC3CCCCC3)n(C3CC3)c(=O)c2c1C. The van der Waals surface area contributed by atoms with Crippen LogP contribution in [0.5, 0.6) is 0 Å². The molecule has 0 spiro atoms. The molecule has 0 bridgehead atoms. The van der Waals surface area contributed by atoms with Crippen molar-refractivity contribution in [1.29, 1.82) is 0 Å². The Morgan fingerprint density at radius 1 is 1.17 bits per heavy atom. The zero-order valence-corrected chi connectivity index (χ0v) is 14.8. The molecule has 0 aromatic carbocycles. The van der Waals surface area contributed by atoms with Crippen LogP contribution in [0.15, 0.2) is 4.79 Å². The molecule has 0 atom stereocenters. The van der Waals surface area contributed by atoms with Gasteiger partial charge in [-0.3, -0.25) is 9.36 Å². The average Bonchev–Trinajstić information content (AvgIpc) is 3.33. The highest BCUT2D eigenvalue weighted by molar-refractivity contribution is 7.18. The van der Waals surface area contributed by atoms with Gasteiger partial charge in [-0.1, -0.05) is 19.3 Å². The number of aromatic nitrogens is 2. The lowest BCUT2D eigenvalue weighted by atomic mass is 9.95. The maximum absolute atomic E-state index is 13.0. The minimum absolute atomic E-state index is 0.180. The molecule has 1 N–H and O–H groups in total. The van der Waals surface area contributed by atoms with Gasteiger partial charge in [0.2, 0.25) is 0 Å². The Balaban J connectivity index is 1.70. The second-order valence-electron chi connectivity index (χ2n) is 7.11. The number of aryl methyl sites for hydroxylation is 2. The van der Waals surface area contributed by atoms with E-state index in [1.165, 1.54) is 37.0 Å². The number of nitrogens with zero attached hydrogens (tertiary/aromatic N) is 2. The van der Waals surface area contributed by atoms with Crippen LogP contribution in [0, 0.1) is 13.8 Å². The van der Waals surface area contributed by atoms with Crippen molar-refractivity contribution in [3.05, 3.63) is 26.6 Å². The molecule has 23 heavy (non-hydrogen) atoms. The van der Waals surface area contributed by atoms with Crippen LogP contribution in [0.25, 0.3) is 10.2 Å². The molecule has 0 radical (unpaired) electrons. The normalized spacial score (nSPS) is 19.6. The van der Waals surface area contributed by atoms with Crippen LogP contribution in [0.1, 0.15) is 67.3 Å². The van der Waals surface area contributed by atoms with Crippen LogP contribution in [-0.4, -0.2) is 15.6 Å². The second-order valence-corrected chi connectivity index (χ2v) is 8.32. The van der Waals surface area contributed by atoms with Gasteiger partial charge in [-0.2, -0.15) is 0 Å². The lowest BCUT2D eigenvalue weighted by molar-refractivity contribution is 0.365. The van der Waals surface area contributed by atoms with Crippen molar-refractivity contribution in [2.24, 2.45) is 0 Å². The molecule has 2 saturated carbocycles. The first-order chi connectivity index (χ1) is 11.1. The summed E-state index contributed by atoms with van der Waals surface area (Å²) in [6.07, 6.45) is 8.76. The van der Waals surface area contributed by atoms with Gasteiger partial charge in [0, 0.05) is 17.0 Å². The standard InChI is InChI=1S/C18H25N3OS/c1-11-12(2)23-17-16(11)18(22)21(14-8-9-14)15(20-17)10-19-13-6-4-3-5-7-13/h13-14,19H,3-10H2,1-2H3. The molecular formula is C18H25N3OS. The minimum atomic E-state index is 0.180. The van der Waals surface area contributed by atoms with Crippen LogP contribution in [-0.2, 0) is 6.54 Å². The summed E-state index contributed by atoms with van der Waals surface area (Å²) in [5.74, 6) is 0.942. The maximum atomic E-state index is 13.0. The molecule has 5 heteroatoms. The fraction of sp³-hybridized carbons (Fsp3) is 0.667. The number of fused-ring (bicyclic) bond motifs is 1. The van der Waals surface area contributed by atoms with Gasteiger partial charge in [0.15, 0.2) is 0 Å². The number of hydrogen-bond acceptors (Lipinski definition) is 4. The van der Waals surface area contributed by atoms with E-state index in [1.54, 1.807) is 11.3 Å². The Morgan fingerprint density at radius 3 is 2.61 bits per heavy atom. The number of thiophene rings is 1. The van der Waals surface area contributed by atoms with Gasteiger partial charge in [0.25, 0.3) is 5.56 Å². The third-order valence-electron chi connectivity index (χ3n) is 5.37. The number of rotatable bonds is 4. The summed E-state index contributed by atoms with van der Waals surface area (Å²) in [5.41, 5.74) is 1.29. The molecule has 4 rings (SSSR count). The molecule has 4 nitrogen and oxygen atoms in total. The van der Waals surface area contributed by atoms with E-state index in [4.69, 9.17) is 4.98 Å². The summed E-state index contributed by atoms with van der Waals surface area (Å²) < 4.78 is 1.98. The van der Waals surface area contributed by atoms with Gasteiger partial charge >= 0.3 is 0 Å². The van der Waals surface area contributed by atoms with Crippen LogP contribution in [0.3, 0.4) is 0 Å². The Hall–Kier alpha value is -1.20. The van der Waals surface area contributed by atoms with Gasteiger partial charge in [-0.25, -0.2) is 4.98 Å². The van der Waals surface area contributed by atoms with Crippen molar-refractivity contribution in [1.82, 2.24) is 14.9 Å². The van der Waals surface area contributed by atoms with E-state index >= 15 is 0 Å². The molecule has 0 aliphatic heterocycles. The fourth-order valence-electron chi connectivity index (χ4n) is 3.72. The van der Waals surface area contributed by atoms with Crippen LogP contribution in [0.4, 0.5) is 0 Å². The van der Waals surface area contributed by atoms with Crippen molar-refractivity contribution in [3.8, 4) is 0 Å². The van der Waals surface area contributed by atoms with Crippen molar-refractivity contribution < 1.29 is 0 Å². The molecule has 0 amide bonds. The average molecular weight is 331 g/mol. The number of hydrogen-bond donors (Lipinski definition) is 1. The smallest absolute Gasteiger partial charge is 0.262 e.